The van der Waals surface area contributed by atoms with Gasteiger partial charge in [-0.15, -0.1) is 0 Å². The fourth-order valence-electron chi connectivity index (χ4n) is 2.37. The van der Waals surface area contributed by atoms with Crippen molar-refractivity contribution >= 4 is 21.6 Å². The quantitative estimate of drug-likeness (QED) is 0.673. The molecule has 1 aromatic rings. The minimum Gasteiger partial charge on any atom is -0.383 e. The molecular formula is C14H21N3O4S. The average Bonchev–Trinajstić information content (AvgIpc) is 2.94. The lowest BCUT2D eigenvalue weighted by atomic mass is 10.2. The van der Waals surface area contributed by atoms with Gasteiger partial charge < -0.3 is 15.0 Å². The first-order valence-electron chi connectivity index (χ1n) is 7.06. The summed E-state index contributed by atoms with van der Waals surface area (Å²) >= 11 is 0. The van der Waals surface area contributed by atoms with Crippen LogP contribution in [0.3, 0.4) is 0 Å². The van der Waals surface area contributed by atoms with Crippen LogP contribution in [0.15, 0.2) is 23.1 Å². The molecule has 8 heteroatoms. The summed E-state index contributed by atoms with van der Waals surface area (Å²) < 4.78 is 31.0. The lowest BCUT2D eigenvalue weighted by Gasteiger charge is -2.18. The number of sulfonamides is 1. The monoisotopic (exact) mass is 327 g/mol. The van der Waals surface area contributed by atoms with Crippen molar-refractivity contribution in [3.05, 3.63) is 23.8 Å². The number of anilines is 1. The van der Waals surface area contributed by atoms with Crippen LogP contribution < -0.4 is 14.9 Å². The third-order valence-corrected chi connectivity index (χ3v) is 5.00. The highest BCUT2D eigenvalue weighted by atomic mass is 32.2. The Morgan fingerprint density at radius 1 is 1.41 bits per heavy atom. The molecule has 0 unspecified atom stereocenters. The molecule has 0 aromatic heterocycles. The Morgan fingerprint density at radius 3 is 2.86 bits per heavy atom. The number of nitrogens with one attached hydrogen (secondary N) is 2. The van der Waals surface area contributed by atoms with Gasteiger partial charge in [0, 0.05) is 25.9 Å². The number of methoxy groups -OCH3 is 1. The highest BCUT2D eigenvalue weighted by molar-refractivity contribution is 7.89. The van der Waals surface area contributed by atoms with Crippen LogP contribution in [0.25, 0.3) is 0 Å². The van der Waals surface area contributed by atoms with Gasteiger partial charge in [-0.3, -0.25) is 4.79 Å². The molecule has 1 amide bonds. The molecule has 0 saturated heterocycles. The number of carbonyl (C=O) groups excluding carboxylic acids is 1. The number of amides is 1. The van der Waals surface area contributed by atoms with E-state index in [1.807, 2.05) is 0 Å². The highest BCUT2D eigenvalue weighted by Gasteiger charge is 2.26. The zero-order chi connectivity index (χ0) is 16.2. The highest BCUT2D eigenvalue weighted by Crippen LogP contribution is 2.30. The Hall–Kier alpha value is -1.48. The molecule has 0 saturated carbocycles. The fraction of sp³-hybridized carbons (Fsp3) is 0.500. The minimum absolute atomic E-state index is 0.0751. The summed E-state index contributed by atoms with van der Waals surface area (Å²) in [6, 6.07) is 4.89. The maximum absolute atomic E-state index is 12.3. The first kappa shape index (κ1) is 16.9. The summed E-state index contributed by atoms with van der Waals surface area (Å²) in [6.45, 7) is 1.90. The summed E-state index contributed by atoms with van der Waals surface area (Å²) in [4.78, 5) is 14.1. The van der Waals surface area contributed by atoms with Gasteiger partial charge in [0.15, 0.2) is 0 Å². The van der Waals surface area contributed by atoms with Crippen molar-refractivity contribution in [2.45, 2.75) is 11.3 Å². The number of benzene rings is 1. The van der Waals surface area contributed by atoms with Crippen LogP contribution in [0.4, 0.5) is 5.69 Å². The first-order valence-corrected chi connectivity index (χ1v) is 8.54. The average molecular weight is 327 g/mol. The lowest BCUT2D eigenvalue weighted by molar-refractivity contribution is -0.117. The number of rotatable bonds is 7. The van der Waals surface area contributed by atoms with Crippen LogP contribution in [0.5, 0.6) is 0 Å². The Labute approximate surface area is 130 Å². The topological polar surface area (TPSA) is 87.7 Å². The second-order valence-electron chi connectivity index (χ2n) is 4.96. The van der Waals surface area contributed by atoms with Crippen molar-refractivity contribution in [3.63, 3.8) is 0 Å². The van der Waals surface area contributed by atoms with Gasteiger partial charge >= 0.3 is 0 Å². The van der Waals surface area contributed by atoms with E-state index in [1.54, 1.807) is 30.2 Å². The van der Waals surface area contributed by atoms with Gasteiger partial charge in [0.05, 0.1) is 18.0 Å². The maximum Gasteiger partial charge on any atom is 0.240 e. The van der Waals surface area contributed by atoms with Crippen molar-refractivity contribution in [2.75, 3.05) is 45.3 Å². The van der Waals surface area contributed by atoms with E-state index in [4.69, 9.17) is 4.74 Å². The standard InChI is InChI=1S/C14H21N3O4S/c1-15-22(19,20)12-4-3-11-5-7-17(13(11)9-12)14(18)10-16-6-8-21-2/h3-4,9,15-16H,5-8,10H2,1-2H3. The van der Waals surface area contributed by atoms with Crippen LogP contribution in [-0.4, -0.2) is 54.7 Å². The Kier molecular flexibility index (Phi) is 5.52. The number of fused-ring (bicyclic) bond motifs is 1. The van der Waals surface area contributed by atoms with E-state index in [2.05, 4.69) is 10.0 Å². The SMILES string of the molecule is CNS(=O)(=O)c1ccc2c(c1)N(C(=O)CNCCOC)CC2. The number of carbonyl (C=O) groups is 1. The molecule has 2 rings (SSSR count). The summed E-state index contributed by atoms with van der Waals surface area (Å²) in [5.41, 5.74) is 1.66. The molecular weight excluding hydrogens is 306 g/mol. The van der Waals surface area contributed by atoms with E-state index in [-0.39, 0.29) is 17.3 Å². The lowest BCUT2D eigenvalue weighted by Crippen LogP contribution is -2.38. The van der Waals surface area contributed by atoms with Gasteiger partial charge in [-0.2, -0.15) is 0 Å². The largest absolute Gasteiger partial charge is 0.383 e. The smallest absolute Gasteiger partial charge is 0.240 e. The van der Waals surface area contributed by atoms with Crippen LogP contribution in [0.2, 0.25) is 0 Å². The number of ether oxygens (including phenoxy) is 1. The summed E-state index contributed by atoms with van der Waals surface area (Å²) in [7, 11) is -0.546. The zero-order valence-corrected chi connectivity index (χ0v) is 13.6. The van der Waals surface area contributed by atoms with Gasteiger partial charge in [-0.25, -0.2) is 13.1 Å². The fourth-order valence-corrected chi connectivity index (χ4v) is 3.12. The van der Waals surface area contributed by atoms with Crippen LogP contribution >= 0.6 is 0 Å². The summed E-state index contributed by atoms with van der Waals surface area (Å²) in [6.07, 6.45) is 0.735. The van der Waals surface area contributed by atoms with Gasteiger partial charge in [-0.05, 0) is 31.2 Å². The van der Waals surface area contributed by atoms with Gasteiger partial charge in [0.2, 0.25) is 15.9 Å². The third-order valence-electron chi connectivity index (χ3n) is 3.59. The summed E-state index contributed by atoms with van der Waals surface area (Å²) in [5.74, 6) is -0.0751. The van der Waals surface area contributed by atoms with Gasteiger partial charge in [0.25, 0.3) is 0 Å². The van der Waals surface area contributed by atoms with Crippen molar-refractivity contribution in [1.82, 2.24) is 10.0 Å². The molecule has 7 nitrogen and oxygen atoms in total. The van der Waals surface area contributed by atoms with Gasteiger partial charge in [0.1, 0.15) is 0 Å². The van der Waals surface area contributed by atoms with E-state index < -0.39 is 10.0 Å². The van der Waals surface area contributed by atoms with Crippen molar-refractivity contribution in [2.24, 2.45) is 0 Å². The molecule has 1 aromatic carbocycles. The molecule has 1 heterocycles. The molecule has 0 radical (unpaired) electrons. The molecule has 1 aliphatic rings. The second-order valence-corrected chi connectivity index (χ2v) is 6.85. The normalized spacial score (nSPS) is 14.2. The molecule has 22 heavy (non-hydrogen) atoms. The second kappa shape index (κ2) is 7.19. The zero-order valence-electron chi connectivity index (χ0n) is 12.8. The predicted molar refractivity (Wildman–Crippen MR) is 83.5 cm³/mol. The van der Waals surface area contributed by atoms with E-state index in [1.165, 1.54) is 7.05 Å². The summed E-state index contributed by atoms with van der Waals surface area (Å²) in [5, 5.41) is 3.00. The van der Waals surface area contributed by atoms with Gasteiger partial charge in [-0.1, -0.05) is 6.07 Å². The number of hydrogen-bond donors (Lipinski definition) is 2. The minimum atomic E-state index is -3.51. The predicted octanol–water partition coefficient (Wildman–Crippen LogP) is -0.280. The van der Waals surface area contributed by atoms with Crippen molar-refractivity contribution < 1.29 is 17.9 Å². The Balaban J connectivity index is 2.13. The first-order chi connectivity index (χ1) is 10.5. The van der Waals surface area contributed by atoms with Crippen LogP contribution in [0.1, 0.15) is 5.56 Å². The molecule has 0 fully saturated rings. The number of nitrogens with zero attached hydrogens (tertiary/aromatic N) is 1. The van der Waals surface area contributed by atoms with E-state index in [0.717, 1.165) is 12.0 Å². The van der Waals surface area contributed by atoms with Crippen molar-refractivity contribution in [3.8, 4) is 0 Å². The van der Waals surface area contributed by atoms with E-state index in [0.29, 0.717) is 25.4 Å². The van der Waals surface area contributed by atoms with Crippen molar-refractivity contribution in [1.29, 1.82) is 0 Å². The Bertz CT molecular complexity index is 645. The molecule has 1 aliphatic heterocycles. The van der Waals surface area contributed by atoms with E-state index in [9.17, 15) is 13.2 Å². The van der Waals surface area contributed by atoms with Crippen LogP contribution in [-0.2, 0) is 26.0 Å². The molecule has 0 aliphatic carbocycles. The number of hydrogen-bond acceptors (Lipinski definition) is 5. The molecule has 0 bridgehead atoms. The molecule has 2 N–H and O–H groups in total. The molecule has 122 valence electrons. The molecule has 0 atom stereocenters. The van der Waals surface area contributed by atoms with E-state index >= 15 is 0 Å². The maximum atomic E-state index is 12.3. The third kappa shape index (κ3) is 3.64. The Morgan fingerprint density at radius 2 is 2.18 bits per heavy atom. The van der Waals surface area contributed by atoms with Crippen LogP contribution in [0, 0.1) is 0 Å². The molecule has 0 spiro atoms.